The summed E-state index contributed by atoms with van der Waals surface area (Å²) in [6, 6.07) is 13.1. The lowest BCUT2D eigenvalue weighted by Crippen LogP contribution is -2.45. The summed E-state index contributed by atoms with van der Waals surface area (Å²) in [7, 11) is 1.54. The van der Waals surface area contributed by atoms with Crippen molar-refractivity contribution in [1.29, 1.82) is 0 Å². The van der Waals surface area contributed by atoms with Crippen LogP contribution in [0.3, 0.4) is 0 Å². The maximum Gasteiger partial charge on any atom is 0.235 e. The second kappa shape index (κ2) is 6.98. The normalized spacial score (nSPS) is 23.5. The Balaban J connectivity index is 1.61. The second-order valence-electron chi connectivity index (χ2n) is 5.97. The van der Waals surface area contributed by atoms with Gasteiger partial charge >= 0.3 is 0 Å². The molecule has 3 rings (SSSR count). The maximum atomic E-state index is 12.6. The highest BCUT2D eigenvalue weighted by atomic mass is 16.7. The fourth-order valence-corrected chi connectivity index (χ4v) is 2.40. The highest BCUT2D eigenvalue weighted by Gasteiger charge is 2.39. The van der Waals surface area contributed by atoms with Crippen molar-refractivity contribution in [3.05, 3.63) is 54.2 Å². The lowest BCUT2D eigenvalue weighted by Gasteiger charge is -2.36. The van der Waals surface area contributed by atoms with E-state index in [1.54, 1.807) is 25.4 Å². The number of pyridine rings is 1. The Morgan fingerprint density at radius 2 is 1.92 bits per heavy atom. The van der Waals surface area contributed by atoms with Crippen molar-refractivity contribution in [3.63, 3.8) is 0 Å². The third kappa shape index (κ3) is 3.55. The fourth-order valence-electron chi connectivity index (χ4n) is 2.40. The molecular formula is C18H20N2O4. The third-order valence-electron chi connectivity index (χ3n) is 3.93. The quantitative estimate of drug-likeness (QED) is 0.934. The summed E-state index contributed by atoms with van der Waals surface area (Å²) in [5.41, 5.74) is 0.789. The zero-order chi connectivity index (χ0) is 17.0. The van der Waals surface area contributed by atoms with Gasteiger partial charge in [-0.3, -0.25) is 4.79 Å². The molecular weight excluding hydrogens is 308 g/mol. The molecule has 0 atom stereocenters. The molecule has 1 amide bonds. The molecule has 126 valence electrons. The van der Waals surface area contributed by atoms with E-state index >= 15 is 0 Å². The van der Waals surface area contributed by atoms with Gasteiger partial charge < -0.3 is 19.5 Å². The van der Waals surface area contributed by atoms with Crippen LogP contribution < -0.4 is 10.1 Å². The summed E-state index contributed by atoms with van der Waals surface area (Å²) < 4.78 is 16.5. The van der Waals surface area contributed by atoms with Crippen LogP contribution in [0.15, 0.2) is 48.7 Å². The van der Waals surface area contributed by atoms with Gasteiger partial charge in [0, 0.05) is 11.6 Å². The number of amides is 1. The molecule has 0 saturated carbocycles. The lowest BCUT2D eigenvalue weighted by molar-refractivity contribution is -0.226. The molecule has 6 nitrogen and oxygen atoms in total. The standard InChI is InChI=1S/C18H20N2O4/c1-18(17(21)20-14-8-9-15(22-2)19-10-14)11-23-16(24-12-18)13-6-4-3-5-7-13/h3-10,16H,11-12H2,1-2H3,(H,20,21). The van der Waals surface area contributed by atoms with E-state index in [-0.39, 0.29) is 19.1 Å². The first-order valence-electron chi connectivity index (χ1n) is 7.70. The lowest BCUT2D eigenvalue weighted by atomic mass is 9.90. The molecule has 2 aromatic rings. The van der Waals surface area contributed by atoms with Crippen molar-refractivity contribution in [2.75, 3.05) is 25.6 Å². The summed E-state index contributed by atoms with van der Waals surface area (Å²) in [6.45, 7) is 2.38. The number of methoxy groups -OCH3 is 1. The van der Waals surface area contributed by atoms with Gasteiger partial charge in [0.05, 0.1) is 37.6 Å². The van der Waals surface area contributed by atoms with E-state index in [4.69, 9.17) is 14.2 Å². The summed E-state index contributed by atoms with van der Waals surface area (Å²) in [5.74, 6) is 0.329. The van der Waals surface area contributed by atoms with Crippen LogP contribution in [-0.4, -0.2) is 31.2 Å². The Hall–Kier alpha value is -2.44. The number of benzene rings is 1. The number of carbonyl (C=O) groups is 1. The number of nitrogens with one attached hydrogen (secondary N) is 1. The number of nitrogens with zero attached hydrogens (tertiary/aromatic N) is 1. The molecule has 1 aliphatic rings. The van der Waals surface area contributed by atoms with Crippen LogP contribution in [0.5, 0.6) is 5.88 Å². The largest absolute Gasteiger partial charge is 0.481 e. The van der Waals surface area contributed by atoms with Gasteiger partial charge in [0.2, 0.25) is 11.8 Å². The van der Waals surface area contributed by atoms with Crippen molar-refractivity contribution >= 4 is 11.6 Å². The monoisotopic (exact) mass is 328 g/mol. The van der Waals surface area contributed by atoms with Gasteiger partial charge in [-0.1, -0.05) is 30.3 Å². The molecule has 1 N–H and O–H groups in total. The minimum atomic E-state index is -0.759. The number of aromatic nitrogens is 1. The Morgan fingerprint density at radius 1 is 1.21 bits per heavy atom. The Morgan fingerprint density at radius 3 is 2.50 bits per heavy atom. The zero-order valence-electron chi connectivity index (χ0n) is 13.7. The Bertz CT molecular complexity index is 680. The van der Waals surface area contributed by atoms with Crippen molar-refractivity contribution in [2.24, 2.45) is 5.41 Å². The summed E-state index contributed by atoms with van der Waals surface area (Å²) in [5, 5.41) is 2.84. The first-order chi connectivity index (χ1) is 11.6. The predicted octanol–water partition coefficient (Wildman–Crippen LogP) is 2.78. The Kier molecular flexibility index (Phi) is 4.78. The molecule has 1 aromatic heterocycles. The average Bonchev–Trinajstić information content (AvgIpc) is 2.63. The van der Waals surface area contributed by atoms with Gasteiger partial charge in [-0.2, -0.15) is 0 Å². The van der Waals surface area contributed by atoms with Crippen LogP contribution in [0.4, 0.5) is 5.69 Å². The highest BCUT2D eigenvalue weighted by Crippen LogP contribution is 2.32. The third-order valence-corrected chi connectivity index (χ3v) is 3.93. The van der Waals surface area contributed by atoms with Gasteiger partial charge in [-0.05, 0) is 13.0 Å². The summed E-state index contributed by atoms with van der Waals surface area (Å²) in [4.78, 5) is 16.6. The molecule has 1 aliphatic heterocycles. The van der Waals surface area contributed by atoms with Gasteiger partial charge in [0.25, 0.3) is 0 Å². The van der Waals surface area contributed by atoms with Crippen LogP contribution in [0.25, 0.3) is 0 Å². The van der Waals surface area contributed by atoms with Crippen molar-refractivity contribution < 1.29 is 19.0 Å². The first kappa shape index (κ1) is 16.4. The predicted molar refractivity (Wildman–Crippen MR) is 88.6 cm³/mol. The second-order valence-corrected chi connectivity index (χ2v) is 5.97. The van der Waals surface area contributed by atoms with Crippen molar-refractivity contribution in [3.8, 4) is 5.88 Å². The molecule has 1 saturated heterocycles. The number of rotatable bonds is 4. The zero-order valence-corrected chi connectivity index (χ0v) is 13.7. The number of hydrogen-bond donors (Lipinski definition) is 1. The van der Waals surface area contributed by atoms with Gasteiger partial charge in [-0.15, -0.1) is 0 Å². The number of anilines is 1. The van der Waals surface area contributed by atoms with Gasteiger partial charge in [0.1, 0.15) is 0 Å². The van der Waals surface area contributed by atoms with Crippen LogP contribution in [0.2, 0.25) is 0 Å². The van der Waals surface area contributed by atoms with Crippen LogP contribution >= 0.6 is 0 Å². The number of hydrogen-bond acceptors (Lipinski definition) is 5. The smallest absolute Gasteiger partial charge is 0.235 e. The highest BCUT2D eigenvalue weighted by molar-refractivity contribution is 5.95. The molecule has 0 aliphatic carbocycles. The van der Waals surface area contributed by atoms with Crippen LogP contribution in [0.1, 0.15) is 18.8 Å². The molecule has 2 heterocycles. The van der Waals surface area contributed by atoms with E-state index in [0.29, 0.717) is 11.6 Å². The van der Waals surface area contributed by atoms with Crippen LogP contribution in [0, 0.1) is 5.41 Å². The van der Waals surface area contributed by atoms with E-state index < -0.39 is 11.7 Å². The molecule has 1 aromatic carbocycles. The van der Waals surface area contributed by atoms with Crippen LogP contribution in [-0.2, 0) is 14.3 Å². The number of carbonyl (C=O) groups excluding carboxylic acids is 1. The molecule has 0 unspecified atom stereocenters. The summed E-state index contributed by atoms with van der Waals surface area (Å²) in [6.07, 6.45) is 1.12. The summed E-state index contributed by atoms with van der Waals surface area (Å²) >= 11 is 0. The van der Waals surface area contributed by atoms with Crippen molar-refractivity contribution in [1.82, 2.24) is 4.98 Å². The van der Waals surface area contributed by atoms with E-state index in [1.807, 2.05) is 37.3 Å². The average molecular weight is 328 g/mol. The minimum absolute atomic E-state index is 0.166. The Labute approximate surface area is 140 Å². The molecule has 1 fully saturated rings. The van der Waals surface area contributed by atoms with Gasteiger partial charge in [-0.25, -0.2) is 4.98 Å². The first-order valence-corrected chi connectivity index (χ1v) is 7.70. The SMILES string of the molecule is COc1ccc(NC(=O)C2(C)COC(c3ccccc3)OC2)cn1. The minimum Gasteiger partial charge on any atom is -0.481 e. The molecule has 6 heteroatoms. The molecule has 0 radical (unpaired) electrons. The molecule has 24 heavy (non-hydrogen) atoms. The van der Waals surface area contributed by atoms with E-state index in [9.17, 15) is 4.79 Å². The molecule has 0 bridgehead atoms. The topological polar surface area (TPSA) is 69.7 Å². The fraction of sp³-hybridized carbons (Fsp3) is 0.333. The van der Waals surface area contributed by atoms with E-state index in [0.717, 1.165) is 5.56 Å². The van der Waals surface area contributed by atoms with E-state index in [2.05, 4.69) is 10.3 Å². The maximum absolute atomic E-state index is 12.6. The van der Waals surface area contributed by atoms with Crippen molar-refractivity contribution in [2.45, 2.75) is 13.2 Å². The van der Waals surface area contributed by atoms with E-state index in [1.165, 1.54) is 0 Å². The molecule has 0 spiro atoms. The number of ether oxygens (including phenoxy) is 3. The van der Waals surface area contributed by atoms with Gasteiger partial charge in [0.15, 0.2) is 6.29 Å².